The molecule has 1 saturated heterocycles. The first kappa shape index (κ1) is 24.7. The number of rotatable bonds is 4. The van der Waals surface area contributed by atoms with E-state index in [1.54, 1.807) is 4.90 Å². The van der Waals surface area contributed by atoms with Gasteiger partial charge in [0.2, 0.25) is 5.88 Å². The lowest BCUT2D eigenvalue weighted by molar-refractivity contribution is -0.110. The van der Waals surface area contributed by atoms with Gasteiger partial charge in [-0.1, -0.05) is 0 Å². The minimum atomic E-state index is -0.468. The Bertz CT molecular complexity index is 1100. The average Bonchev–Trinajstić information content (AvgIpc) is 3.35. The van der Waals surface area contributed by atoms with Crippen LogP contribution in [0.15, 0.2) is 18.2 Å². The monoisotopic (exact) mass is 489 g/mol. The SMILES string of the molecule is COc1[nH]c(C=C2C(=O)Nc3ccc(F)cc32)c(OC)c1C(=O)N1CCOCCOCCOCC1. The van der Waals surface area contributed by atoms with Crippen LogP contribution in [0.5, 0.6) is 11.6 Å². The van der Waals surface area contributed by atoms with Crippen LogP contribution in [0.25, 0.3) is 11.6 Å². The molecule has 2 aromatic rings. The summed E-state index contributed by atoms with van der Waals surface area (Å²) in [4.78, 5) is 30.8. The van der Waals surface area contributed by atoms with E-state index in [2.05, 4.69) is 10.3 Å². The number of methoxy groups -OCH3 is 2. The number of halogens is 1. The molecule has 10 nitrogen and oxygen atoms in total. The molecular formula is C24H28FN3O7. The lowest BCUT2D eigenvalue weighted by Gasteiger charge is -2.23. The molecule has 1 fully saturated rings. The van der Waals surface area contributed by atoms with Crippen molar-refractivity contribution in [3.63, 3.8) is 0 Å². The number of nitrogens with one attached hydrogen (secondary N) is 2. The fourth-order valence-corrected chi connectivity index (χ4v) is 3.95. The molecule has 0 atom stereocenters. The number of anilines is 1. The number of H-pyrrole nitrogens is 1. The van der Waals surface area contributed by atoms with E-state index in [0.717, 1.165) is 0 Å². The molecule has 35 heavy (non-hydrogen) atoms. The summed E-state index contributed by atoms with van der Waals surface area (Å²) in [5, 5.41) is 2.70. The molecule has 0 bridgehead atoms. The van der Waals surface area contributed by atoms with Crippen molar-refractivity contribution in [2.75, 3.05) is 72.3 Å². The van der Waals surface area contributed by atoms with Crippen molar-refractivity contribution in [1.82, 2.24) is 9.88 Å². The molecule has 2 N–H and O–H groups in total. The molecule has 2 aliphatic heterocycles. The van der Waals surface area contributed by atoms with Crippen LogP contribution < -0.4 is 14.8 Å². The molecule has 0 aliphatic carbocycles. The predicted molar refractivity (Wildman–Crippen MR) is 125 cm³/mol. The second kappa shape index (κ2) is 11.3. The zero-order valence-corrected chi connectivity index (χ0v) is 19.6. The molecule has 1 aromatic carbocycles. The topological polar surface area (TPSA) is 111 Å². The number of benzene rings is 1. The zero-order valence-electron chi connectivity index (χ0n) is 19.6. The summed E-state index contributed by atoms with van der Waals surface area (Å²) in [6, 6.07) is 4.05. The summed E-state index contributed by atoms with van der Waals surface area (Å²) in [5.74, 6) is -0.821. The van der Waals surface area contributed by atoms with E-state index in [0.29, 0.717) is 69.7 Å². The molecular weight excluding hydrogens is 461 g/mol. The first-order chi connectivity index (χ1) is 17.0. The van der Waals surface area contributed by atoms with Gasteiger partial charge in [-0.05, 0) is 24.3 Å². The summed E-state index contributed by atoms with van der Waals surface area (Å²) < 4.78 is 41.4. The van der Waals surface area contributed by atoms with Gasteiger partial charge in [0, 0.05) is 24.3 Å². The highest BCUT2D eigenvalue weighted by Gasteiger charge is 2.31. The Morgan fingerprint density at radius 3 is 2.31 bits per heavy atom. The molecule has 1 aromatic heterocycles. The van der Waals surface area contributed by atoms with Gasteiger partial charge in [0.1, 0.15) is 11.4 Å². The molecule has 11 heteroatoms. The number of aromatic amines is 1. The Kier molecular flexibility index (Phi) is 8.01. The number of hydrogen-bond acceptors (Lipinski definition) is 7. The van der Waals surface area contributed by atoms with Gasteiger partial charge >= 0.3 is 0 Å². The Morgan fingerprint density at radius 2 is 1.69 bits per heavy atom. The molecule has 4 rings (SSSR count). The van der Waals surface area contributed by atoms with Crippen LogP contribution in [0, 0.1) is 5.82 Å². The zero-order chi connectivity index (χ0) is 24.8. The molecule has 188 valence electrons. The van der Waals surface area contributed by atoms with E-state index in [1.807, 2.05) is 0 Å². The number of ether oxygens (including phenoxy) is 5. The molecule has 0 unspecified atom stereocenters. The second-order valence-corrected chi connectivity index (χ2v) is 7.81. The normalized spacial score (nSPS) is 18.4. The fourth-order valence-electron chi connectivity index (χ4n) is 3.95. The number of fused-ring (bicyclic) bond motifs is 1. The van der Waals surface area contributed by atoms with Crippen LogP contribution >= 0.6 is 0 Å². The minimum Gasteiger partial charge on any atom is -0.494 e. The van der Waals surface area contributed by atoms with Gasteiger partial charge in [0.15, 0.2) is 5.75 Å². The van der Waals surface area contributed by atoms with E-state index in [4.69, 9.17) is 23.7 Å². The summed E-state index contributed by atoms with van der Waals surface area (Å²) in [5.41, 5.74) is 1.67. The maximum Gasteiger partial charge on any atom is 0.263 e. The van der Waals surface area contributed by atoms with Gasteiger partial charge in [-0.15, -0.1) is 0 Å². The van der Waals surface area contributed by atoms with Crippen LogP contribution in [0.3, 0.4) is 0 Å². The molecule has 0 saturated carbocycles. The van der Waals surface area contributed by atoms with E-state index in [-0.39, 0.29) is 28.7 Å². The van der Waals surface area contributed by atoms with Crippen LogP contribution in [-0.4, -0.2) is 88.6 Å². The van der Waals surface area contributed by atoms with Crippen molar-refractivity contribution >= 4 is 29.2 Å². The third-order valence-corrected chi connectivity index (χ3v) is 5.66. The molecule has 2 aliphatic rings. The smallest absolute Gasteiger partial charge is 0.263 e. The number of aromatic nitrogens is 1. The number of hydrogen-bond donors (Lipinski definition) is 2. The number of amides is 2. The van der Waals surface area contributed by atoms with Gasteiger partial charge in [-0.2, -0.15) is 0 Å². The Hall–Kier alpha value is -3.41. The molecule has 3 heterocycles. The molecule has 0 radical (unpaired) electrons. The van der Waals surface area contributed by atoms with Crippen molar-refractivity contribution in [3.8, 4) is 11.6 Å². The van der Waals surface area contributed by atoms with E-state index in [1.165, 1.54) is 38.5 Å². The van der Waals surface area contributed by atoms with Crippen molar-refractivity contribution < 1.29 is 37.7 Å². The number of carbonyl (C=O) groups excluding carboxylic acids is 2. The Labute approximate surface area is 201 Å². The van der Waals surface area contributed by atoms with Crippen molar-refractivity contribution in [2.45, 2.75) is 0 Å². The Balaban J connectivity index is 1.66. The van der Waals surface area contributed by atoms with Crippen LogP contribution in [-0.2, 0) is 19.0 Å². The first-order valence-electron chi connectivity index (χ1n) is 11.2. The van der Waals surface area contributed by atoms with Crippen molar-refractivity contribution in [3.05, 3.63) is 40.8 Å². The van der Waals surface area contributed by atoms with E-state index >= 15 is 0 Å². The second-order valence-electron chi connectivity index (χ2n) is 7.81. The van der Waals surface area contributed by atoms with Gasteiger partial charge < -0.3 is 38.9 Å². The van der Waals surface area contributed by atoms with E-state index < -0.39 is 11.7 Å². The van der Waals surface area contributed by atoms with Crippen molar-refractivity contribution in [2.24, 2.45) is 0 Å². The number of nitrogens with zero attached hydrogens (tertiary/aromatic N) is 1. The summed E-state index contributed by atoms with van der Waals surface area (Å²) in [7, 11) is 2.85. The maximum absolute atomic E-state index is 13.8. The standard InChI is InChI=1S/C24H28FN3O7/c1-31-21-19(14-17-16-13-15(25)3-4-18(16)26-22(17)29)27-23(32-2)20(21)24(30)28-5-7-33-9-11-35-12-10-34-8-6-28/h3-4,13-14,27H,5-12H2,1-2H3,(H,26,29). The van der Waals surface area contributed by atoms with Gasteiger partial charge in [0.05, 0.1) is 65.1 Å². The summed E-state index contributed by atoms with van der Waals surface area (Å²) in [6.07, 6.45) is 1.52. The van der Waals surface area contributed by atoms with Gasteiger partial charge in [0.25, 0.3) is 11.8 Å². The summed E-state index contributed by atoms with van der Waals surface area (Å²) in [6.45, 7) is 3.04. The van der Waals surface area contributed by atoms with Crippen LogP contribution in [0.1, 0.15) is 21.6 Å². The van der Waals surface area contributed by atoms with Crippen LogP contribution in [0.2, 0.25) is 0 Å². The molecule has 0 spiro atoms. The maximum atomic E-state index is 13.8. The van der Waals surface area contributed by atoms with Crippen molar-refractivity contribution in [1.29, 1.82) is 0 Å². The lowest BCUT2D eigenvalue weighted by atomic mass is 10.1. The molecule has 2 amide bonds. The number of carbonyl (C=O) groups is 2. The fraction of sp³-hybridized carbons (Fsp3) is 0.417. The largest absolute Gasteiger partial charge is 0.494 e. The third kappa shape index (κ3) is 5.47. The van der Waals surface area contributed by atoms with Gasteiger partial charge in [-0.3, -0.25) is 9.59 Å². The Morgan fingerprint density at radius 1 is 1.03 bits per heavy atom. The summed E-state index contributed by atoms with van der Waals surface area (Å²) >= 11 is 0. The average molecular weight is 490 g/mol. The highest BCUT2D eigenvalue weighted by molar-refractivity contribution is 6.35. The highest BCUT2D eigenvalue weighted by Crippen LogP contribution is 2.39. The minimum absolute atomic E-state index is 0.176. The third-order valence-electron chi connectivity index (χ3n) is 5.66. The first-order valence-corrected chi connectivity index (χ1v) is 11.2. The van der Waals surface area contributed by atoms with Crippen LogP contribution in [0.4, 0.5) is 10.1 Å². The lowest BCUT2D eigenvalue weighted by Crippen LogP contribution is -2.37. The quantitative estimate of drug-likeness (QED) is 0.634. The van der Waals surface area contributed by atoms with E-state index in [9.17, 15) is 14.0 Å². The highest BCUT2D eigenvalue weighted by atomic mass is 19.1. The predicted octanol–water partition coefficient (Wildman–Crippen LogP) is 2.17. The van der Waals surface area contributed by atoms with Gasteiger partial charge in [-0.25, -0.2) is 4.39 Å².